The molecule has 1 heteroatoms. The summed E-state index contributed by atoms with van der Waals surface area (Å²) in [6, 6.07) is 0.461. The Balaban J connectivity index is 3.38. The lowest BCUT2D eigenvalue weighted by Crippen LogP contribution is -2.01. The van der Waals surface area contributed by atoms with Gasteiger partial charge in [0.2, 0.25) is 0 Å². The highest BCUT2D eigenvalue weighted by Crippen LogP contribution is 2.08. The molecule has 0 fully saturated rings. The van der Waals surface area contributed by atoms with E-state index < -0.39 is 0 Å². The first-order chi connectivity index (χ1) is 4.85. The molecule has 0 aliphatic rings. The van der Waals surface area contributed by atoms with Crippen molar-refractivity contribution in [3.05, 3.63) is 12.7 Å². The Morgan fingerprint density at radius 2 is 2.20 bits per heavy atom. The van der Waals surface area contributed by atoms with Crippen LogP contribution in [0.1, 0.15) is 32.6 Å². The third-order valence-electron chi connectivity index (χ3n) is 1.58. The second kappa shape index (κ2) is 6.53. The van der Waals surface area contributed by atoms with Gasteiger partial charge in [-0.3, -0.25) is 4.99 Å². The van der Waals surface area contributed by atoms with Crippen molar-refractivity contribution in [3.8, 4) is 0 Å². The lowest BCUT2D eigenvalue weighted by molar-refractivity contribution is 0.572. The maximum absolute atomic E-state index is 4.02. The summed E-state index contributed by atoms with van der Waals surface area (Å²) < 4.78 is 0. The van der Waals surface area contributed by atoms with Gasteiger partial charge in [-0.2, -0.15) is 0 Å². The molecule has 0 spiro atoms. The van der Waals surface area contributed by atoms with Gasteiger partial charge in [0.1, 0.15) is 0 Å². The molecule has 1 unspecified atom stereocenters. The minimum Gasteiger partial charge on any atom is -0.298 e. The first-order valence-corrected chi connectivity index (χ1v) is 3.91. The van der Waals surface area contributed by atoms with E-state index in [9.17, 15) is 0 Å². The second-order valence-electron chi connectivity index (χ2n) is 2.49. The molecule has 0 radical (unpaired) electrons. The van der Waals surface area contributed by atoms with Gasteiger partial charge in [0.25, 0.3) is 0 Å². The van der Waals surface area contributed by atoms with Crippen LogP contribution in [-0.2, 0) is 0 Å². The van der Waals surface area contributed by atoms with E-state index in [-0.39, 0.29) is 0 Å². The minimum atomic E-state index is 0.461. The predicted molar refractivity (Wildman–Crippen MR) is 47.7 cm³/mol. The van der Waals surface area contributed by atoms with E-state index in [0.717, 1.165) is 19.3 Å². The van der Waals surface area contributed by atoms with E-state index in [4.69, 9.17) is 0 Å². The Kier molecular flexibility index (Phi) is 6.14. The third-order valence-corrected chi connectivity index (χ3v) is 1.58. The monoisotopic (exact) mass is 139 g/mol. The normalized spacial score (nSPS) is 12.5. The summed E-state index contributed by atoms with van der Waals surface area (Å²) in [5.41, 5.74) is 0. The Hall–Kier alpha value is -0.590. The van der Waals surface area contributed by atoms with Crippen molar-refractivity contribution < 1.29 is 0 Å². The van der Waals surface area contributed by atoms with Gasteiger partial charge in [-0.1, -0.05) is 19.4 Å². The van der Waals surface area contributed by atoms with Crippen LogP contribution >= 0.6 is 0 Å². The molecular weight excluding hydrogens is 122 g/mol. The molecule has 0 heterocycles. The molecular formula is C9H17N. The van der Waals surface area contributed by atoms with Crippen LogP contribution in [0.25, 0.3) is 0 Å². The summed E-state index contributed by atoms with van der Waals surface area (Å²) in [4.78, 5) is 4.02. The molecule has 1 nitrogen and oxygen atoms in total. The summed E-state index contributed by atoms with van der Waals surface area (Å²) >= 11 is 0. The van der Waals surface area contributed by atoms with Gasteiger partial charge >= 0.3 is 0 Å². The van der Waals surface area contributed by atoms with Crippen molar-refractivity contribution in [1.29, 1.82) is 0 Å². The summed E-state index contributed by atoms with van der Waals surface area (Å²) in [6.45, 7) is 9.39. The summed E-state index contributed by atoms with van der Waals surface area (Å²) in [5, 5.41) is 0. The first kappa shape index (κ1) is 9.41. The van der Waals surface area contributed by atoms with Crippen LogP contribution in [0, 0.1) is 0 Å². The van der Waals surface area contributed by atoms with Crippen LogP contribution in [0.4, 0.5) is 0 Å². The van der Waals surface area contributed by atoms with Crippen LogP contribution in [0.5, 0.6) is 0 Å². The van der Waals surface area contributed by atoms with Crippen LogP contribution in [0.3, 0.4) is 0 Å². The number of aliphatic imine (C=N–C) groups is 1. The van der Waals surface area contributed by atoms with Gasteiger partial charge in [-0.15, -0.1) is 6.58 Å². The van der Waals surface area contributed by atoms with E-state index >= 15 is 0 Å². The molecule has 0 N–H and O–H groups in total. The molecule has 0 rings (SSSR count). The van der Waals surface area contributed by atoms with Gasteiger partial charge in [-0.25, -0.2) is 0 Å². The third kappa shape index (κ3) is 4.30. The molecule has 0 aromatic carbocycles. The first-order valence-electron chi connectivity index (χ1n) is 3.91. The van der Waals surface area contributed by atoms with E-state index in [1.54, 1.807) is 0 Å². The maximum Gasteiger partial charge on any atom is 0.0495 e. The van der Waals surface area contributed by atoms with E-state index in [1.807, 2.05) is 6.08 Å². The molecule has 0 aromatic heterocycles. The average Bonchev–Trinajstić information content (AvgIpc) is 1.98. The SMILES string of the molecule is C=CCCC(CCC)N=C. The molecule has 0 saturated heterocycles. The number of hydrogen-bond acceptors (Lipinski definition) is 1. The summed E-state index contributed by atoms with van der Waals surface area (Å²) in [7, 11) is 0. The van der Waals surface area contributed by atoms with Crippen molar-refractivity contribution in [3.63, 3.8) is 0 Å². The van der Waals surface area contributed by atoms with E-state index in [2.05, 4.69) is 25.2 Å². The summed E-state index contributed by atoms with van der Waals surface area (Å²) in [5.74, 6) is 0. The molecule has 0 aliphatic carbocycles. The molecule has 58 valence electrons. The van der Waals surface area contributed by atoms with Crippen LogP contribution in [0.2, 0.25) is 0 Å². The number of rotatable bonds is 6. The molecule has 0 aliphatic heterocycles. The van der Waals surface area contributed by atoms with Crippen LogP contribution in [0.15, 0.2) is 17.6 Å². The van der Waals surface area contributed by atoms with Crippen molar-refractivity contribution in [2.75, 3.05) is 0 Å². The van der Waals surface area contributed by atoms with Gasteiger partial charge in [0.15, 0.2) is 0 Å². The minimum absolute atomic E-state index is 0.461. The number of allylic oxidation sites excluding steroid dienone is 1. The smallest absolute Gasteiger partial charge is 0.0495 e. The van der Waals surface area contributed by atoms with Gasteiger partial charge in [-0.05, 0) is 26.0 Å². The lowest BCUT2D eigenvalue weighted by Gasteiger charge is -2.07. The largest absolute Gasteiger partial charge is 0.298 e. The van der Waals surface area contributed by atoms with Gasteiger partial charge in [0, 0.05) is 6.04 Å². The molecule has 0 amide bonds. The quantitative estimate of drug-likeness (QED) is 0.396. The second-order valence-corrected chi connectivity index (χ2v) is 2.49. The lowest BCUT2D eigenvalue weighted by atomic mass is 10.1. The topological polar surface area (TPSA) is 12.4 Å². The molecule has 0 bridgehead atoms. The Morgan fingerprint density at radius 1 is 1.50 bits per heavy atom. The van der Waals surface area contributed by atoms with E-state index in [0.29, 0.717) is 6.04 Å². The summed E-state index contributed by atoms with van der Waals surface area (Å²) in [6.07, 6.45) is 6.47. The van der Waals surface area contributed by atoms with E-state index in [1.165, 1.54) is 6.42 Å². The molecule has 0 aromatic rings. The van der Waals surface area contributed by atoms with Crippen molar-refractivity contribution in [2.24, 2.45) is 4.99 Å². The Bertz CT molecular complexity index is 96.9. The fourth-order valence-electron chi connectivity index (χ4n) is 0.970. The average molecular weight is 139 g/mol. The molecule has 1 atom stereocenters. The van der Waals surface area contributed by atoms with Crippen molar-refractivity contribution in [1.82, 2.24) is 0 Å². The molecule has 0 saturated carbocycles. The molecule has 10 heavy (non-hydrogen) atoms. The Labute approximate surface area is 63.9 Å². The van der Waals surface area contributed by atoms with Gasteiger partial charge in [0.05, 0.1) is 0 Å². The van der Waals surface area contributed by atoms with Crippen molar-refractivity contribution in [2.45, 2.75) is 38.6 Å². The Morgan fingerprint density at radius 3 is 2.60 bits per heavy atom. The van der Waals surface area contributed by atoms with Crippen LogP contribution < -0.4 is 0 Å². The number of nitrogens with zero attached hydrogens (tertiary/aromatic N) is 1. The number of hydrogen-bond donors (Lipinski definition) is 0. The van der Waals surface area contributed by atoms with Crippen LogP contribution in [-0.4, -0.2) is 12.8 Å². The fraction of sp³-hybridized carbons (Fsp3) is 0.667. The highest BCUT2D eigenvalue weighted by Gasteiger charge is 2.00. The highest BCUT2D eigenvalue weighted by atomic mass is 14.7. The standard InChI is InChI=1S/C9H17N/c1-4-6-8-9(10-3)7-5-2/h4,9H,1,3,5-8H2,2H3. The van der Waals surface area contributed by atoms with Crippen molar-refractivity contribution >= 4 is 6.72 Å². The highest BCUT2D eigenvalue weighted by molar-refractivity contribution is 5.24. The zero-order chi connectivity index (χ0) is 7.82. The zero-order valence-electron chi connectivity index (χ0n) is 6.84. The predicted octanol–water partition coefficient (Wildman–Crippen LogP) is 2.82. The fourth-order valence-corrected chi connectivity index (χ4v) is 0.970. The van der Waals surface area contributed by atoms with Gasteiger partial charge < -0.3 is 0 Å². The maximum atomic E-state index is 4.02. The zero-order valence-corrected chi connectivity index (χ0v) is 6.84.